The molecule has 0 aliphatic carbocycles. The molecule has 0 saturated carbocycles. The first-order valence-electron chi connectivity index (χ1n) is 6.68. The molecule has 1 amide bonds. The molecule has 2 aromatic rings. The summed E-state index contributed by atoms with van der Waals surface area (Å²) in [6.07, 6.45) is 1.11. The molecule has 1 aromatic carbocycles. The summed E-state index contributed by atoms with van der Waals surface area (Å²) < 4.78 is 51.8. The predicted octanol–water partition coefficient (Wildman–Crippen LogP) is 1.37. The van der Waals surface area contributed by atoms with Crippen LogP contribution in [-0.2, 0) is 14.8 Å². The highest BCUT2D eigenvalue weighted by atomic mass is 32.2. The van der Waals surface area contributed by atoms with Gasteiger partial charge in [-0.05, 0) is 30.3 Å². The number of hydrogen-bond donors (Lipinski definition) is 3. The van der Waals surface area contributed by atoms with Gasteiger partial charge in [0.2, 0.25) is 15.9 Å². The number of anilines is 1. The van der Waals surface area contributed by atoms with Crippen LogP contribution in [-0.4, -0.2) is 31.0 Å². The normalized spacial score (nSPS) is 11.2. The van der Waals surface area contributed by atoms with Crippen molar-refractivity contribution in [1.29, 1.82) is 0 Å². The molecule has 0 saturated heterocycles. The molecule has 0 aliphatic rings. The number of nitrogens with one attached hydrogen (secondary N) is 2. The maximum Gasteiger partial charge on any atom is 0.240 e. The van der Waals surface area contributed by atoms with Crippen LogP contribution in [0.1, 0.15) is 6.42 Å². The minimum Gasteiger partial charge on any atom is -0.504 e. The summed E-state index contributed by atoms with van der Waals surface area (Å²) in [6.45, 7) is -0.277. The fourth-order valence-corrected chi connectivity index (χ4v) is 2.76. The SMILES string of the molecule is O=C(CCNS(=O)(=O)c1ccc(F)c(F)c1)Nc1ncccc1O. The Morgan fingerprint density at radius 2 is 1.96 bits per heavy atom. The van der Waals surface area contributed by atoms with E-state index >= 15 is 0 Å². The van der Waals surface area contributed by atoms with Crippen LogP contribution >= 0.6 is 0 Å². The number of halogens is 2. The van der Waals surface area contributed by atoms with Crippen LogP contribution in [0.2, 0.25) is 0 Å². The van der Waals surface area contributed by atoms with Crippen LogP contribution < -0.4 is 10.0 Å². The van der Waals surface area contributed by atoms with Gasteiger partial charge in [0, 0.05) is 19.2 Å². The molecule has 3 N–H and O–H groups in total. The van der Waals surface area contributed by atoms with E-state index in [1.54, 1.807) is 0 Å². The van der Waals surface area contributed by atoms with Gasteiger partial charge in [-0.1, -0.05) is 0 Å². The molecule has 1 aromatic heterocycles. The topological polar surface area (TPSA) is 108 Å². The molecule has 10 heteroatoms. The summed E-state index contributed by atoms with van der Waals surface area (Å²) in [7, 11) is -4.08. The van der Waals surface area contributed by atoms with Crippen molar-refractivity contribution in [3.05, 3.63) is 48.2 Å². The number of rotatable bonds is 6. The van der Waals surface area contributed by atoms with Gasteiger partial charge in [-0.15, -0.1) is 0 Å². The highest BCUT2D eigenvalue weighted by Crippen LogP contribution is 2.18. The zero-order valence-corrected chi connectivity index (χ0v) is 13.0. The number of nitrogens with zero attached hydrogens (tertiary/aromatic N) is 1. The van der Waals surface area contributed by atoms with Crippen LogP contribution in [0.5, 0.6) is 5.75 Å². The zero-order chi connectivity index (χ0) is 17.7. The molecule has 0 unspecified atom stereocenters. The average molecular weight is 357 g/mol. The Kier molecular flexibility index (Phi) is 5.42. The first-order valence-corrected chi connectivity index (χ1v) is 8.16. The summed E-state index contributed by atoms with van der Waals surface area (Å²) in [5, 5.41) is 11.8. The Morgan fingerprint density at radius 3 is 2.62 bits per heavy atom. The van der Waals surface area contributed by atoms with Gasteiger partial charge in [-0.25, -0.2) is 26.9 Å². The molecule has 0 spiro atoms. The van der Waals surface area contributed by atoms with E-state index in [1.807, 2.05) is 0 Å². The lowest BCUT2D eigenvalue weighted by atomic mass is 10.3. The van der Waals surface area contributed by atoms with Gasteiger partial charge in [0.05, 0.1) is 4.90 Å². The van der Waals surface area contributed by atoms with E-state index < -0.39 is 32.5 Å². The van der Waals surface area contributed by atoms with E-state index in [4.69, 9.17) is 0 Å². The molecule has 0 atom stereocenters. The Labute approximate surface area is 136 Å². The lowest BCUT2D eigenvalue weighted by Crippen LogP contribution is -2.28. The highest BCUT2D eigenvalue weighted by molar-refractivity contribution is 7.89. The second-order valence-corrected chi connectivity index (χ2v) is 6.41. The quantitative estimate of drug-likeness (QED) is 0.724. The maximum absolute atomic E-state index is 13.1. The molecule has 0 aliphatic heterocycles. The number of pyridine rings is 1. The average Bonchev–Trinajstić information content (AvgIpc) is 2.52. The van der Waals surface area contributed by atoms with Crippen molar-refractivity contribution >= 4 is 21.7 Å². The third kappa shape index (κ3) is 4.46. The second kappa shape index (κ2) is 7.32. The highest BCUT2D eigenvalue weighted by Gasteiger charge is 2.17. The van der Waals surface area contributed by atoms with Crippen molar-refractivity contribution in [2.24, 2.45) is 0 Å². The smallest absolute Gasteiger partial charge is 0.240 e. The zero-order valence-electron chi connectivity index (χ0n) is 12.2. The van der Waals surface area contributed by atoms with Crippen molar-refractivity contribution in [3.63, 3.8) is 0 Å². The number of aromatic hydroxyl groups is 1. The van der Waals surface area contributed by atoms with Crippen LogP contribution in [0.25, 0.3) is 0 Å². The van der Waals surface area contributed by atoms with E-state index in [2.05, 4.69) is 15.0 Å². The summed E-state index contributed by atoms with van der Waals surface area (Å²) in [6, 6.07) is 4.95. The van der Waals surface area contributed by atoms with Crippen molar-refractivity contribution in [2.75, 3.05) is 11.9 Å². The molecule has 128 valence electrons. The van der Waals surface area contributed by atoms with Gasteiger partial charge in [0.1, 0.15) is 0 Å². The van der Waals surface area contributed by atoms with Crippen LogP contribution in [0.4, 0.5) is 14.6 Å². The standard InChI is InChI=1S/C14H13F2N3O4S/c15-10-4-3-9(8-11(10)16)24(22,23)18-7-5-13(21)19-14-12(20)2-1-6-17-14/h1-4,6,8,18,20H,5,7H2,(H,17,19,21). The van der Waals surface area contributed by atoms with Gasteiger partial charge in [0.25, 0.3) is 0 Å². The maximum atomic E-state index is 13.1. The number of amides is 1. The fourth-order valence-electron chi connectivity index (χ4n) is 1.71. The molecule has 2 rings (SSSR count). The summed E-state index contributed by atoms with van der Waals surface area (Å²) in [5.74, 6) is -3.32. The van der Waals surface area contributed by atoms with E-state index in [1.165, 1.54) is 18.3 Å². The molecule has 1 heterocycles. The lowest BCUT2D eigenvalue weighted by Gasteiger charge is -2.08. The van der Waals surface area contributed by atoms with Crippen molar-refractivity contribution < 1.29 is 27.1 Å². The van der Waals surface area contributed by atoms with E-state index in [-0.39, 0.29) is 24.5 Å². The molecule has 0 bridgehead atoms. The molecule has 7 nitrogen and oxygen atoms in total. The number of carbonyl (C=O) groups is 1. The Bertz CT molecular complexity index is 859. The Balaban J connectivity index is 1.92. The molecular weight excluding hydrogens is 344 g/mol. The Hall–Kier alpha value is -2.59. The number of aromatic nitrogens is 1. The van der Waals surface area contributed by atoms with Gasteiger partial charge in [0.15, 0.2) is 23.2 Å². The monoisotopic (exact) mass is 357 g/mol. The van der Waals surface area contributed by atoms with E-state index in [0.717, 1.165) is 6.07 Å². The first kappa shape index (κ1) is 17.8. The first-order chi connectivity index (χ1) is 11.3. The minimum absolute atomic E-state index is 0.0500. The van der Waals surface area contributed by atoms with E-state index in [9.17, 15) is 27.1 Å². The molecule has 0 fully saturated rings. The number of benzene rings is 1. The van der Waals surface area contributed by atoms with Crippen molar-refractivity contribution in [1.82, 2.24) is 9.71 Å². The summed E-state index contributed by atoms with van der Waals surface area (Å²) in [5.41, 5.74) is 0. The van der Waals surface area contributed by atoms with E-state index in [0.29, 0.717) is 12.1 Å². The number of hydrogen-bond acceptors (Lipinski definition) is 5. The number of carbonyl (C=O) groups excluding carboxylic acids is 1. The lowest BCUT2D eigenvalue weighted by molar-refractivity contribution is -0.116. The second-order valence-electron chi connectivity index (χ2n) is 4.64. The van der Waals surface area contributed by atoms with Gasteiger partial charge >= 0.3 is 0 Å². The molecule has 24 heavy (non-hydrogen) atoms. The van der Waals surface area contributed by atoms with Crippen LogP contribution in [0.15, 0.2) is 41.4 Å². The molecule has 0 radical (unpaired) electrons. The minimum atomic E-state index is -4.08. The van der Waals surface area contributed by atoms with Gasteiger partial charge in [-0.3, -0.25) is 4.79 Å². The third-order valence-corrected chi connectivity index (χ3v) is 4.35. The predicted molar refractivity (Wildman–Crippen MR) is 80.7 cm³/mol. The Morgan fingerprint density at radius 1 is 1.21 bits per heavy atom. The largest absolute Gasteiger partial charge is 0.504 e. The third-order valence-electron chi connectivity index (χ3n) is 2.89. The van der Waals surface area contributed by atoms with Gasteiger partial charge < -0.3 is 10.4 Å². The van der Waals surface area contributed by atoms with Crippen LogP contribution in [0, 0.1) is 11.6 Å². The summed E-state index contributed by atoms with van der Waals surface area (Å²) in [4.78, 5) is 15.0. The van der Waals surface area contributed by atoms with Gasteiger partial charge in [-0.2, -0.15) is 0 Å². The fraction of sp³-hybridized carbons (Fsp3) is 0.143. The number of sulfonamides is 1. The summed E-state index contributed by atoms with van der Waals surface area (Å²) >= 11 is 0. The van der Waals surface area contributed by atoms with Crippen molar-refractivity contribution in [3.8, 4) is 5.75 Å². The molecular formula is C14H13F2N3O4S. The van der Waals surface area contributed by atoms with Crippen molar-refractivity contribution in [2.45, 2.75) is 11.3 Å². The van der Waals surface area contributed by atoms with Crippen LogP contribution in [0.3, 0.4) is 0 Å².